The number of aryl methyl sites for hydroxylation is 2. The van der Waals surface area contributed by atoms with E-state index < -0.39 is 0 Å². The molecule has 1 saturated heterocycles. The summed E-state index contributed by atoms with van der Waals surface area (Å²) in [5, 5.41) is 3.42. The van der Waals surface area contributed by atoms with Crippen molar-refractivity contribution in [2.45, 2.75) is 26.3 Å². The third kappa shape index (κ3) is 1.35. The van der Waals surface area contributed by atoms with Crippen LogP contribution in [0.15, 0.2) is 18.2 Å². The highest BCUT2D eigenvalue weighted by atomic mass is 15.1. The van der Waals surface area contributed by atoms with Crippen LogP contribution in [0.25, 0.3) is 11.0 Å². The van der Waals surface area contributed by atoms with Crippen molar-refractivity contribution in [3.63, 3.8) is 0 Å². The quantitative estimate of drug-likeness (QED) is 0.790. The Hall–Kier alpha value is -1.35. The van der Waals surface area contributed by atoms with Crippen LogP contribution in [0.4, 0.5) is 0 Å². The molecule has 3 rings (SSSR count). The summed E-state index contributed by atoms with van der Waals surface area (Å²) in [6.45, 7) is 6.43. The number of para-hydroxylation sites is 1. The molecular formula is C13H17N3. The molecular weight excluding hydrogens is 198 g/mol. The van der Waals surface area contributed by atoms with Gasteiger partial charge in [-0.05, 0) is 38.4 Å². The Kier molecular flexibility index (Phi) is 2.21. The molecule has 1 aromatic carbocycles. The first-order chi connectivity index (χ1) is 7.77. The van der Waals surface area contributed by atoms with E-state index >= 15 is 0 Å². The van der Waals surface area contributed by atoms with Gasteiger partial charge in [-0.15, -0.1) is 0 Å². The van der Waals surface area contributed by atoms with Gasteiger partial charge < -0.3 is 9.88 Å². The molecule has 0 bridgehead atoms. The van der Waals surface area contributed by atoms with Gasteiger partial charge in [-0.25, -0.2) is 4.98 Å². The van der Waals surface area contributed by atoms with Crippen molar-refractivity contribution in [2.75, 3.05) is 13.1 Å². The van der Waals surface area contributed by atoms with E-state index in [0.29, 0.717) is 6.04 Å². The standard InChI is InChI=1S/C13H17N3/c1-9-4-3-5-12-13(9)15-10(2)16(12)11-6-7-14-8-11/h3-5,11,14H,6-8H2,1-2H3. The van der Waals surface area contributed by atoms with E-state index in [2.05, 4.69) is 41.9 Å². The first kappa shape index (κ1) is 9.85. The average molecular weight is 215 g/mol. The Morgan fingerprint density at radius 3 is 3.00 bits per heavy atom. The number of benzene rings is 1. The predicted molar refractivity (Wildman–Crippen MR) is 65.7 cm³/mol. The minimum Gasteiger partial charge on any atom is -0.324 e. The molecule has 2 heterocycles. The summed E-state index contributed by atoms with van der Waals surface area (Å²) in [5.74, 6) is 1.14. The molecule has 2 aromatic rings. The number of hydrogen-bond acceptors (Lipinski definition) is 2. The third-order valence-corrected chi connectivity index (χ3v) is 3.50. The lowest BCUT2D eigenvalue weighted by Crippen LogP contribution is -2.14. The van der Waals surface area contributed by atoms with Crippen LogP contribution in [0.3, 0.4) is 0 Å². The van der Waals surface area contributed by atoms with Crippen LogP contribution < -0.4 is 5.32 Å². The summed E-state index contributed by atoms with van der Waals surface area (Å²) in [4.78, 5) is 4.69. The van der Waals surface area contributed by atoms with Crippen LogP contribution in [-0.4, -0.2) is 22.6 Å². The Morgan fingerprint density at radius 1 is 1.38 bits per heavy atom. The van der Waals surface area contributed by atoms with Crippen LogP contribution in [0, 0.1) is 13.8 Å². The monoisotopic (exact) mass is 215 g/mol. The number of nitrogens with one attached hydrogen (secondary N) is 1. The fourth-order valence-corrected chi connectivity index (χ4v) is 2.69. The third-order valence-electron chi connectivity index (χ3n) is 3.50. The number of hydrogen-bond donors (Lipinski definition) is 1. The second-order valence-corrected chi connectivity index (χ2v) is 4.62. The maximum Gasteiger partial charge on any atom is 0.107 e. The molecule has 1 aliphatic rings. The fraction of sp³-hybridized carbons (Fsp3) is 0.462. The van der Waals surface area contributed by atoms with Gasteiger partial charge in [0, 0.05) is 12.6 Å². The van der Waals surface area contributed by atoms with E-state index in [1.165, 1.54) is 17.5 Å². The van der Waals surface area contributed by atoms with E-state index in [4.69, 9.17) is 4.98 Å². The zero-order chi connectivity index (χ0) is 11.1. The normalized spacial score (nSPS) is 20.8. The van der Waals surface area contributed by atoms with E-state index in [9.17, 15) is 0 Å². The summed E-state index contributed by atoms with van der Waals surface area (Å²) in [6, 6.07) is 7.01. The van der Waals surface area contributed by atoms with Crippen LogP contribution in [-0.2, 0) is 0 Å². The Bertz CT molecular complexity index is 521. The predicted octanol–water partition coefficient (Wildman–Crippen LogP) is 2.19. The van der Waals surface area contributed by atoms with Gasteiger partial charge in [-0.1, -0.05) is 12.1 Å². The number of rotatable bonds is 1. The van der Waals surface area contributed by atoms with Crippen molar-refractivity contribution in [2.24, 2.45) is 0 Å². The molecule has 3 heteroatoms. The van der Waals surface area contributed by atoms with Gasteiger partial charge in [0.05, 0.1) is 11.0 Å². The van der Waals surface area contributed by atoms with Crippen LogP contribution in [0.1, 0.15) is 23.9 Å². The Morgan fingerprint density at radius 2 is 2.25 bits per heavy atom. The lowest BCUT2D eigenvalue weighted by Gasteiger charge is -2.13. The first-order valence-electron chi connectivity index (χ1n) is 5.92. The second kappa shape index (κ2) is 3.59. The molecule has 0 aliphatic carbocycles. The largest absolute Gasteiger partial charge is 0.324 e. The molecule has 84 valence electrons. The minimum absolute atomic E-state index is 0.576. The zero-order valence-corrected chi connectivity index (χ0v) is 9.83. The van der Waals surface area contributed by atoms with E-state index in [0.717, 1.165) is 24.4 Å². The van der Waals surface area contributed by atoms with Crippen LogP contribution in [0.2, 0.25) is 0 Å². The SMILES string of the molecule is Cc1cccc2c1nc(C)n2C1CCNC1. The first-order valence-corrected chi connectivity index (χ1v) is 5.92. The maximum absolute atomic E-state index is 4.69. The van der Waals surface area contributed by atoms with E-state index in [-0.39, 0.29) is 0 Å². The van der Waals surface area contributed by atoms with Crippen LogP contribution >= 0.6 is 0 Å². The highest BCUT2D eigenvalue weighted by molar-refractivity contribution is 5.79. The molecule has 16 heavy (non-hydrogen) atoms. The Labute approximate surface area is 95.5 Å². The van der Waals surface area contributed by atoms with Crippen molar-refractivity contribution < 1.29 is 0 Å². The van der Waals surface area contributed by atoms with Gasteiger partial charge in [-0.3, -0.25) is 0 Å². The molecule has 3 nitrogen and oxygen atoms in total. The van der Waals surface area contributed by atoms with Crippen molar-refractivity contribution in [1.82, 2.24) is 14.9 Å². The number of nitrogens with zero attached hydrogens (tertiary/aromatic N) is 2. The average Bonchev–Trinajstić information content (AvgIpc) is 2.85. The van der Waals surface area contributed by atoms with E-state index in [1.807, 2.05) is 0 Å². The summed E-state index contributed by atoms with van der Waals surface area (Å²) in [6.07, 6.45) is 1.21. The number of imidazole rings is 1. The van der Waals surface area contributed by atoms with Crippen molar-refractivity contribution in [3.8, 4) is 0 Å². The lowest BCUT2D eigenvalue weighted by atomic mass is 10.2. The summed E-state index contributed by atoms with van der Waals surface area (Å²) in [5.41, 5.74) is 3.71. The topological polar surface area (TPSA) is 29.9 Å². The van der Waals surface area contributed by atoms with Crippen LogP contribution in [0.5, 0.6) is 0 Å². The van der Waals surface area contributed by atoms with E-state index in [1.54, 1.807) is 0 Å². The van der Waals surface area contributed by atoms with Gasteiger partial charge in [0.25, 0.3) is 0 Å². The lowest BCUT2D eigenvalue weighted by molar-refractivity contribution is 0.548. The minimum atomic E-state index is 0.576. The molecule has 1 aliphatic heterocycles. The van der Waals surface area contributed by atoms with Crippen molar-refractivity contribution in [1.29, 1.82) is 0 Å². The molecule has 0 radical (unpaired) electrons. The van der Waals surface area contributed by atoms with Gasteiger partial charge in [0.15, 0.2) is 0 Å². The molecule has 0 saturated carbocycles. The fourth-order valence-electron chi connectivity index (χ4n) is 2.69. The maximum atomic E-state index is 4.69. The molecule has 0 amide bonds. The molecule has 1 atom stereocenters. The van der Waals surface area contributed by atoms with Gasteiger partial charge in [0.1, 0.15) is 5.82 Å². The van der Waals surface area contributed by atoms with Crippen molar-refractivity contribution in [3.05, 3.63) is 29.6 Å². The smallest absolute Gasteiger partial charge is 0.107 e. The molecule has 1 fully saturated rings. The highest BCUT2D eigenvalue weighted by Gasteiger charge is 2.20. The molecule has 1 aromatic heterocycles. The van der Waals surface area contributed by atoms with Gasteiger partial charge in [-0.2, -0.15) is 0 Å². The second-order valence-electron chi connectivity index (χ2n) is 4.62. The molecule has 1 N–H and O–H groups in total. The Balaban J connectivity index is 2.22. The molecule has 1 unspecified atom stereocenters. The zero-order valence-electron chi connectivity index (χ0n) is 9.83. The summed E-state index contributed by atoms with van der Waals surface area (Å²) >= 11 is 0. The number of fused-ring (bicyclic) bond motifs is 1. The number of aromatic nitrogens is 2. The highest BCUT2D eigenvalue weighted by Crippen LogP contribution is 2.26. The summed E-state index contributed by atoms with van der Waals surface area (Å²) < 4.78 is 2.39. The van der Waals surface area contributed by atoms with Gasteiger partial charge in [0.2, 0.25) is 0 Å². The summed E-state index contributed by atoms with van der Waals surface area (Å²) in [7, 11) is 0. The molecule has 0 spiro atoms. The van der Waals surface area contributed by atoms with Crippen molar-refractivity contribution >= 4 is 11.0 Å². The van der Waals surface area contributed by atoms with Gasteiger partial charge >= 0.3 is 0 Å².